The second-order valence-electron chi connectivity index (χ2n) is 10.4. The molecule has 2 aromatic rings. The number of hydrogen-bond donors (Lipinski definition) is 3. The van der Waals surface area contributed by atoms with Crippen molar-refractivity contribution in [3.8, 4) is 0 Å². The van der Waals surface area contributed by atoms with Gasteiger partial charge in [-0.25, -0.2) is 19.4 Å². The van der Waals surface area contributed by atoms with Crippen molar-refractivity contribution < 1.29 is 9.60 Å². The topological polar surface area (TPSA) is 115 Å². The molecule has 4 rings (SSSR count). The van der Waals surface area contributed by atoms with E-state index in [0.29, 0.717) is 42.5 Å². The molecule has 0 bridgehead atoms. The van der Waals surface area contributed by atoms with E-state index in [-0.39, 0.29) is 23.5 Å². The molecule has 0 spiro atoms. The van der Waals surface area contributed by atoms with Crippen LogP contribution in [0.25, 0.3) is 0 Å². The first-order valence-corrected chi connectivity index (χ1v) is 13.2. The minimum absolute atomic E-state index is 0.0827. The molecule has 2 aliphatic carbocycles. The molecule has 0 saturated heterocycles. The van der Waals surface area contributed by atoms with Crippen molar-refractivity contribution >= 4 is 29.9 Å². The van der Waals surface area contributed by atoms with E-state index in [1.54, 1.807) is 12.1 Å². The van der Waals surface area contributed by atoms with Crippen LogP contribution in [0.15, 0.2) is 34.4 Å². The van der Waals surface area contributed by atoms with Crippen LogP contribution in [-0.4, -0.2) is 58.4 Å². The lowest BCUT2D eigenvalue weighted by molar-refractivity contribution is 0.191. The van der Waals surface area contributed by atoms with Crippen LogP contribution in [0.4, 0.5) is 21.7 Å². The highest BCUT2D eigenvalue weighted by molar-refractivity contribution is 5.95. The number of halogens is 1. The summed E-state index contributed by atoms with van der Waals surface area (Å²) in [7, 11) is 2.14. The number of amidine groups is 1. The van der Waals surface area contributed by atoms with Crippen LogP contribution in [0.3, 0.4) is 0 Å². The van der Waals surface area contributed by atoms with Crippen LogP contribution in [0, 0.1) is 11.7 Å². The first kappa shape index (κ1) is 26.8. The highest BCUT2D eigenvalue weighted by Crippen LogP contribution is 2.38. The normalized spacial score (nSPS) is 17.9. The van der Waals surface area contributed by atoms with Gasteiger partial charge in [-0.1, -0.05) is 43.0 Å². The summed E-state index contributed by atoms with van der Waals surface area (Å²) in [5.74, 6) is 1.08. The van der Waals surface area contributed by atoms with E-state index >= 15 is 0 Å². The highest BCUT2D eigenvalue weighted by Gasteiger charge is 2.29. The van der Waals surface area contributed by atoms with Gasteiger partial charge in [-0.3, -0.25) is 4.90 Å². The van der Waals surface area contributed by atoms with Crippen molar-refractivity contribution in [2.45, 2.75) is 76.9 Å². The standard InChI is InChI=1S/C27H39FN8O/c1-18(20-8-7-9-20)31-26-23(25(30-2)32-27(33-26)24(29)34-37)36(16-19-12-14-21(28)15-13-19)17-35(3)22-10-5-4-6-11-22/h12-15,18,20,22,37H,2,4-11,16-17H2,1,3H3,(H2,29,34)(H,31,32,33)/t18-/m1/s1. The summed E-state index contributed by atoms with van der Waals surface area (Å²) in [5, 5.41) is 16.0. The molecule has 1 heterocycles. The van der Waals surface area contributed by atoms with E-state index in [1.807, 2.05) is 0 Å². The lowest BCUT2D eigenvalue weighted by Crippen LogP contribution is -2.43. The average Bonchev–Trinajstić information content (AvgIpc) is 2.88. The zero-order valence-electron chi connectivity index (χ0n) is 21.9. The molecule has 2 aliphatic rings. The highest BCUT2D eigenvalue weighted by atomic mass is 19.1. The third-order valence-electron chi connectivity index (χ3n) is 7.77. The molecule has 0 radical (unpaired) electrons. The van der Waals surface area contributed by atoms with Gasteiger partial charge < -0.3 is 21.2 Å². The molecule has 0 aliphatic heterocycles. The number of rotatable bonds is 11. The Bertz CT molecular complexity index is 1080. The Labute approximate surface area is 218 Å². The number of aliphatic imine (C=N–C) groups is 1. The van der Waals surface area contributed by atoms with E-state index in [4.69, 9.17) is 5.73 Å². The van der Waals surface area contributed by atoms with Gasteiger partial charge in [0.2, 0.25) is 11.7 Å². The number of hydrogen-bond acceptors (Lipinski definition) is 8. The molecule has 0 unspecified atom stereocenters. The third-order valence-corrected chi connectivity index (χ3v) is 7.77. The van der Waals surface area contributed by atoms with E-state index in [1.165, 1.54) is 37.8 Å². The Morgan fingerprint density at radius 2 is 1.86 bits per heavy atom. The van der Waals surface area contributed by atoms with Crippen molar-refractivity contribution in [2.75, 3.05) is 23.9 Å². The quantitative estimate of drug-likeness (QED) is 0.130. The van der Waals surface area contributed by atoms with Gasteiger partial charge in [-0.2, -0.15) is 0 Å². The molecule has 37 heavy (non-hydrogen) atoms. The fourth-order valence-corrected chi connectivity index (χ4v) is 5.29. The van der Waals surface area contributed by atoms with Crippen molar-refractivity contribution in [3.05, 3.63) is 41.5 Å². The zero-order chi connectivity index (χ0) is 26.4. The maximum Gasteiger partial charge on any atom is 0.208 e. The molecular weight excluding hydrogens is 471 g/mol. The summed E-state index contributed by atoms with van der Waals surface area (Å²) in [4.78, 5) is 17.9. The monoisotopic (exact) mass is 510 g/mol. The predicted octanol–water partition coefficient (Wildman–Crippen LogP) is 4.87. The Balaban J connectivity index is 1.76. The van der Waals surface area contributed by atoms with Gasteiger partial charge in [0.05, 0.1) is 6.67 Å². The van der Waals surface area contributed by atoms with Gasteiger partial charge in [-0.15, -0.1) is 0 Å². The second kappa shape index (κ2) is 12.3. The van der Waals surface area contributed by atoms with Crippen LogP contribution in [0.5, 0.6) is 0 Å². The molecule has 4 N–H and O–H groups in total. The number of oxime groups is 1. The number of nitrogens with two attached hydrogens (primary N) is 1. The van der Waals surface area contributed by atoms with Crippen LogP contribution in [0.1, 0.15) is 69.7 Å². The molecule has 2 saturated carbocycles. The summed E-state index contributed by atoms with van der Waals surface area (Å²) in [6.45, 7) is 7.02. The molecule has 200 valence electrons. The maximum atomic E-state index is 13.7. The Kier molecular flexibility index (Phi) is 8.91. The van der Waals surface area contributed by atoms with E-state index in [9.17, 15) is 9.60 Å². The molecule has 10 heteroatoms. The Morgan fingerprint density at radius 1 is 1.16 bits per heavy atom. The molecule has 0 amide bonds. The maximum absolute atomic E-state index is 13.7. The predicted molar refractivity (Wildman–Crippen MR) is 146 cm³/mol. The molecule has 1 aromatic heterocycles. The van der Waals surface area contributed by atoms with Crippen molar-refractivity contribution in [1.29, 1.82) is 0 Å². The molecule has 1 aromatic carbocycles. The van der Waals surface area contributed by atoms with Gasteiger partial charge in [0.15, 0.2) is 11.6 Å². The Morgan fingerprint density at radius 3 is 2.46 bits per heavy atom. The fourth-order valence-electron chi connectivity index (χ4n) is 5.29. The average molecular weight is 511 g/mol. The third kappa shape index (κ3) is 6.54. The second-order valence-corrected chi connectivity index (χ2v) is 10.4. The number of nitrogens with zero attached hydrogens (tertiary/aromatic N) is 6. The molecule has 9 nitrogen and oxygen atoms in total. The number of benzene rings is 1. The largest absolute Gasteiger partial charge is 0.409 e. The lowest BCUT2D eigenvalue weighted by Gasteiger charge is -2.38. The molecular formula is C27H39FN8O. The van der Waals surface area contributed by atoms with Gasteiger partial charge in [0, 0.05) is 18.6 Å². The van der Waals surface area contributed by atoms with Gasteiger partial charge in [0.25, 0.3) is 0 Å². The minimum Gasteiger partial charge on any atom is -0.409 e. The first-order chi connectivity index (χ1) is 17.9. The lowest BCUT2D eigenvalue weighted by atomic mass is 9.80. The van der Waals surface area contributed by atoms with E-state index < -0.39 is 0 Å². The van der Waals surface area contributed by atoms with Crippen LogP contribution < -0.4 is 16.0 Å². The first-order valence-electron chi connectivity index (χ1n) is 13.2. The minimum atomic E-state index is -0.272. The van der Waals surface area contributed by atoms with Crippen molar-refractivity contribution in [1.82, 2.24) is 14.9 Å². The molecule has 2 fully saturated rings. The molecule has 1 atom stereocenters. The zero-order valence-corrected chi connectivity index (χ0v) is 21.9. The van der Waals surface area contributed by atoms with Gasteiger partial charge in [0.1, 0.15) is 11.5 Å². The van der Waals surface area contributed by atoms with Crippen molar-refractivity contribution in [2.24, 2.45) is 21.8 Å². The van der Waals surface area contributed by atoms with E-state index in [0.717, 1.165) is 31.2 Å². The number of nitrogens with one attached hydrogen (secondary N) is 1. The summed E-state index contributed by atoms with van der Waals surface area (Å²) in [5.41, 5.74) is 7.53. The van der Waals surface area contributed by atoms with Crippen molar-refractivity contribution in [3.63, 3.8) is 0 Å². The van der Waals surface area contributed by atoms with Crippen LogP contribution in [-0.2, 0) is 6.54 Å². The van der Waals surface area contributed by atoms with E-state index in [2.05, 4.69) is 55.9 Å². The van der Waals surface area contributed by atoms with Gasteiger partial charge >= 0.3 is 0 Å². The number of anilines is 2. The summed E-state index contributed by atoms with van der Waals surface area (Å²) in [6.07, 6.45) is 9.63. The Hall–Kier alpha value is -3.27. The summed E-state index contributed by atoms with van der Waals surface area (Å²) >= 11 is 0. The van der Waals surface area contributed by atoms with Gasteiger partial charge in [-0.05, 0) is 70.0 Å². The van der Waals surface area contributed by atoms with Crippen LogP contribution in [0.2, 0.25) is 0 Å². The summed E-state index contributed by atoms with van der Waals surface area (Å²) < 4.78 is 13.7. The summed E-state index contributed by atoms with van der Waals surface area (Å²) in [6, 6.07) is 7.18. The number of aromatic nitrogens is 2. The smallest absolute Gasteiger partial charge is 0.208 e. The fraction of sp³-hybridized carbons (Fsp3) is 0.556. The SMILES string of the molecule is C=Nc1nc(/C(N)=N/O)nc(N[C@H](C)C2CCC2)c1N(Cc1ccc(F)cc1)CN(C)C1CCCCC1. The van der Waals surface area contributed by atoms with Crippen LogP contribution >= 0.6 is 0 Å².